The molecule has 0 unspecified atom stereocenters. The summed E-state index contributed by atoms with van der Waals surface area (Å²) in [6.07, 6.45) is 8.72. The van der Waals surface area contributed by atoms with Gasteiger partial charge in [0.2, 0.25) is 0 Å². The van der Waals surface area contributed by atoms with Crippen LogP contribution in [0.4, 0.5) is 0 Å². The van der Waals surface area contributed by atoms with E-state index in [1.807, 2.05) is 35.7 Å². The molecule has 1 aliphatic carbocycles. The van der Waals surface area contributed by atoms with Gasteiger partial charge in [0.15, 0.2) is 0 Å². The molecular weight excluding hydrogens is 310 g/mol. The molecule has 1 saturated heterocycles. The molecule has 0 radical (unpaired) electrons. The van der Waals surface area contributed by atoms with E-state index in [9.17, 15) is 4.79 Å². The Morgan fingerprint density at radius 3 is 2.18 bits per heavy atom. The molecule has 0 atom stereocenters. The van der Waals surface area contributed by atoms with Gasteiger partial charge in [-0.25, -0.2) is 0 Å². The predicted molar refractivity (Wildman–Crippen MR) is 97.7 cm³/mol. The van der Waals surface area contributed by atoms with Crippen molar-refractivity contribution < 1.29 is 4.79 Å². The number of rotatable bonds is 3. The summed E-state index contributed by atoms with van der Waals surface area (Å²) in [5, 5.41) is 3.22. The summed E-state index contributed by atoms with van der Waals surface area (Å²) in [5.74, 6) is 2.60. The zero-order valence-electron chi connectivity index (χ0n) is 13.1. The van der Waals surface area contributed by atoms with Crippen molar-refractivity contribution in [3.8, 4) is 0 Å². The highest BCUT2D eigenvalue weighted by Crippen LogP contribution is 2.43. The molecular formula is C18H25NOS2. The highest BCUT2D eigenvalue weighted by molar-refractivity contribution is 8.16. The summed E-state index contributed by atoms with van der Waals surface area (Å²) < 4.78 is 0.549. The Kier molecular flexibility index (Phi) is 6.13. The van der Waals surface area contributed by atoms with Crippen LogP contribution < -0.4 is 5.32 Å². The molecule has 1 N–H and O–H groups in total. The van der Waals surface area contributed by atoms with Crippen molar-refractivity contribution in [3.63, 3.8) is 0 Å². The van der Waals surface area contributed by atoms with Gasteiger partial charge in [-0.05, 0) is 48.5 Å². The number of amides is 1. The van der Waals surface area contributed by atoms with Crippen molar-refractivity contribution in [3.05, 3.63) is 35.4 Å². The van der Waals surface area contributed by atoms with Crippen LogP contribution in [0.25, 0.3) is 0 Å². The molecule has 0 bridgehead atoms. The first-order valence-corrected chi connectivity index (χ1v) is 10.6. The molecule has 2 aliphatic rings. The molecule has 1 amide bonds. The number of nitrogens with one attached hydrogen (secondary N) is 1. The largest absolute Gasteiger partial charge is 0.349 e. The summed E-state index contributed by atoms with van der Waals surface area (Å²) in [6, 6.07) is 8.64. The fourth-order valence-corrected chi connectivity index (χ4v) is 6.06. The third-order valence-electron chi connectivity index (χ3n) is 4.46. The van der Waals surface area contributed by atoms with Crippen molar-refractivity contribution in [1.29, 1.82) is 0 Å². The summed E-state index contributed by atoms with van der Waals surface area (Å²) in [5.41, 5.74) is 2.15. The number of hydrogen-bond acceptors (Lipinski definition) is 3. The van der Waals surface area contributed by atoms with Gasteiger partial charge in [-0.2, -0.15) is 0 Å². The molecule has 120 valence electrons. The number of benzene rings is 1. The monoisotopic (exact) mass is 335 g/mol. The zero-order valence-corrected chi connectivity index (χ0v) is 14.7. The summed E-state index contributed by atoms with van der Waals surface area (Å²) in [7, 11) is 0. The normalized spacial score (nSPS) is 21.3. The lowest BCUT2D eigenvalue weighted by atomic mass is 10.1. The third kappa shape index (κ3) is 4.45. The highest BCUT2D eigenvalue weighted by Gasteiger charge is 2.18. The molecule has 2 fully saturated rings. The van der Waals surface area contributed by atoms with Gasteiger partial charge < -0.3 is 5.32 Å². The van der Waals surface area contributed by atoms with Crippen LogP contribution in [0.5, 0.6) is 0 Å². The van der Waals surface area contributed by atoms with Gasteiger partial charge in [0, 0.05) is 11.6 Å². The molecule has 1 saturated carbocycles. The number of hydrogen-bond donors (Lipinski definition) is 1. The molecule has 22 heavy (non-hydrogen) atoms. The van der Waals surface area contributed by atoms with Crippen molar-refractivity contribution >= 4 is 29.4 Å². The van der Waals surface area contributed by atoms with Gasteiger partial charge in [-0.3, -0.25) is 4.79 Å². The van der Waals surface area contributed by atoms with E-state index in [0.29, 0.717) is 10.6 Å². The second kappa shape index (κ2) is 8.30. The van der Waals surface area contributed by atoms with Crippen molar-refractivity contribution in [2.24, 2.45) is 0 Å². The van der Waals surface area contributed by atoms with E-state index in [-0.39, 0.29) is 5.91 Å². The van der Waals surface area contributed by atoms with E-state index in [2.05, 4.69) is 17.4 Å². The average molecular weight is 336 g/mol. The molecule has 0 spiro atoms. The Morgan fingerprint density at radius 2 is 1.55 bits per heavy atom. The van der Waals surface area contributed by atoms with Crippen LogP contribution >= 0.6 is 23.5 Å². The topological polar surface area (TPSA) is 29.1 Å². The Hall–Kier alpha value is -0.610. The zero-order chi connectivity index (χ0) is 15.2. The van der Waals surface area contributed by atoms with Gasteiger partial charge >= 0.3 is 0 Å². The van der Waals surface area contributed by atoms with E-state index < -0.39 is 0 Å². The van der Waals surface area contributed by atoms with Gasteiger partial charge in [-0.15, -0.1) is 23.5 Å². The Bertz CT molecular complexity index is 474. The van der Waals surface area contributed by atoms with Crippen molar-refractivity contribution in [2.45, 2.75) is 55.6 Å². The van der Waals surface area contributed by atoms with Crippen LogP contribution in [0, 0.1) is 0 Å². The lowest BCUT2D eigenvalue weighted by molar-refractivity contribution is 0.0933. The average Bonchev–Trinajstić information content (AvgIpc) is 2.84. The molecule has 1 aromatic rings. The quantitative estimate of drug-likeness (QED) is 0.787. The third-order valence-corrected chi connectivity index (χ3v) is 7.48. The van der Waals surface area contributed by atoms with Crippen LogP contribution in [0.3, 0.4) is 0 Å². The van der Waals surface area contributed by atoms with Gasteiger partial charge in [0.05, 0.1) is 4.58 Å². The number of carbonyl (C=O) groups is 1. The van der Waals surface area contributed by atoms with Crippen LogP contribution in [0.15, 0.2) is 24.3 Å². The molecule has 4 heteroatoms. The summed E-state index contributed by atoms with van der Waals surface area (Å²) >= 11 is 4.05. The summed E-state index contributed by atoms with van der Waals surface area (Å²) in [6.45, 7) is 0. The minimum atomic E-state index is 0.0994. The first-order valence-electron chi connectivity index (χ1n) is 8.47. The molecule has 2 nitrogen and oxygen atoms in total. The fourth-order valence-electron chi connectivity index (χ4n) is 3.16. The Balaban J connectivity index is 1.58. The van der Waals surface area contributed by atoms with Crippen molar-refractivity contribution in [2.75, 3.05) is 11.5 Å². The second-order valence-electron chi connectivity index (χ2n) is 6.21. The maximum atomic E-state index is 12.4. The SMILES string of the molecule is O=C(NC1CCCCCC1)c1ccc(C2SCCCS2)cc1. The van der Waals surface area contributed by atoms with E-state index in [4.69, 9.17) is 0 Å². The van der Waals surface area contributed by atoms with Gasteiger partial charge in [0.1, 0.15) is 0 Å². The molecule has 1 aromatic carbocycles. The Labute approximate surface area is 142 Å². The lowest BCUT2D eigenvalue weighted by Gasteiger charge is -2.21. The second-order valence-corrected chi connectivity index (χ2v) is 8.94. The molecule has 0 aromatic heterocycles. The number of carbonyl (C=O) groups excluding carboxylic acids is 1. The van der Waals surface area contributed by atoms with E-state index >= 15 is 0 Å². The van der Waals surface area contributed by atoms with Gasteiger partial charge in [-0.1, -0.05) is 37.8 Å². The fraction of sp³-hybridized carbons (Fsp3) is 0.611. The number of thioether (sulfide) groups is 2. The van der Waals surface area contributed by atoms with Crippen LogP contribution in [-0.2, 0) is 0 Å². The first-order chi connectivity index (χ1) is 10.8. The van der Waals surface area contributed by atoms with Crippen LogP contribution in [0.2, 0.25) is 0 Å². The smallest absolute Gasteiger partial charge is 0.251 e. The minimum absolute atomic E-state index is 0.0994. The predicted octanol–water partition coefficient (Wildman–Crippen LogP) is 5.01. The van der Waals surface area contributed by atoms with E-state index in [1.54, 1.807) is 0 Å². The van der Waals surface area contributed by atoms with E-state index in [0.717, 1.165) is 18.4 Å². The summed E-state index contributed by atoms with van der Waals surface area (Å²) in [4.78, 5) is 12.4. The molecule has 3 rings (SSSR count). The van der Waals surface area contributed by atoms with Crippen LogP contribution in [-0.4, -0.2) is 23.5 Å². The Morgan fingerprint density at radius 1 is 0.909 bits per heavy atom. The molecule has 1 heterocycles. The van der Waals surface area contributed by atoms with E-state index in [1.165, 1.54) is 49.2 Å². The first kappa shape index (κ1) is 16.3. The van der Waals surface area contributed by atoms with Crippen LogP contribution in [0.1, 0.15) is 65.4 Å². The maximum absolute atomic E-state index is 12.4. The minimum Gasteiger partial charge on any atom is -0.349 e. The molecule has 1 aliphatic heterocycles. The highest BCUT2D eigenvalue weighted by atomic mass is 32.2. The van der Waals surface area contributed by atoms with Gasteiger partial charge in [0.25, 0.3) is 5.91 Å². The maximum Gasteiger partial charge on any atom is 0.251 e. The van der Waals surface area contributed by atoms with Crippen molar-refractivity contribution in [1.82, 2.24) is 5.32 Å². The lowest BCUT2D eigenvalue weighted by Crippen LogP contribution is -2.34. The standard InChI is InChI=1S/C18H25NOS2/c20-17(19-16-6-3-1-2-4-7-16)14-8-10-15(11-9-14)18-21-12-5-13-22-18/h8-11,16,18H,1-7,12-13H2,(H,19,20).